The third kappa shape index (κ3) is 5.37. The van der Waals surface area contributed by atoms with Gasteiger partial charge in [-0.2, -0.15) is 0 Å². The summed E-state index contributed by atoms with van der Waals surface area (Å²) in [6.07, 6.45) is 0.0644. The first-order valence-corrected chi connectivity index (χ1v) is 11.2. The van der Waals surface area contributed by atoms with Gasteiger partial charge in [-0.25, -0.2) is 13.1 Å². The number of benzene rings is 3. The molecule has 0 aliphatic rings. The summed E-state index contributed by atoms with van der Waals surface area (Å²) in [6, 6.07) is 17.0. The van der Waals surface area contributed by atoms with Gasteiger partial charge in [0.25, 0.3) is 0 Å². The Bertz CT molecular complexity index is 1170. The first-order chi connectivity index (χ1) is 14.3. The van der Waals surface area contributed by atoms with Gasteiger partial charge in [-0.3, -0.25) is 4.79 Å². The van der Waals surface area contributed by atoms with Crippen molar-refractivity contribution in [2.24, 2.45) is 0 Å². The first kappa shape index (κ1) is 21.8. The first-order valence-electron chi connectivity index (χ1n) is 9.69. The standard InChI is InChI=1S/C23H26N2O4S/c1-16-4-5-17(2)22(12-16)30(27,28)25-11-10-23(26)24-15-18-6-7-20-14-21(29-3)9-8-19(20)13-18/h4-9,12-14,25H,10-11,15H2,1-3H3,(H,24,26). The number of ether oxygens (including phenoxy) is 1. The fourth-order valence-corrected chi connectivity index (χ4v) is 4.53. The number of methoxy groups -OCH3 is 1. The van der Waals surface area contributed by atoms with E-state index in [1.165, 1.54) is 0 Å². The van der Waals surface area contributed by atoms with E-state index in [0.717, 1.165) is 27.6 Å². The minimum Gasteiger partial charge on any atom is -0.497 e. The molecule has 0 radical (unpaired) electrons. The van der Waals surface area contributed by atoms with E-state index in [2.05, 4.69) is 10.0 Å². The van der Waals surface area contributed by atoms with Crippen LogP contribution in [0, 0.1) is 13.8 Å². The summed E-state index contributed by atoms with van der Waals surface area (Å²) in [5, 5.41) is 4.95. The van der Waals surface area contributed by atoms with Crippen LogP contribution in [0.25, 0.3) is 10.8 Å². The van der Waals surface area contributed by atoms with Crippen molar-refractivity contribution in [2.75, 3.05) is 13.7 Å². The van der Waals surface area contributed by atoms with Crippen LogP contribution in [0.2, 0.25) is 0 Å². The second kappa shape index (κ2) is 9.28. The quantitative estimate of drug-likeness (QED) is 0.578. The number of aryl methyl sites for hydroxylation is 2. The molecule has 2 N–H and O–H groups in total. The van der Waals surface area contributed by atoms with E-state index in [4.69, 9.17) is 4.74 Å². The van der Waals surface area contributed by atoms with Crippen LogP contribution in [0.4, 0.5) is 0 Å². The van der Waals surface area contributed by atoms with Crippen molar-refractivity contribution in [1.82, 2.24) is 10.0 Å². The monoisotopic (exact) mass is 426 g/mol. The number of carbonyl (C=O) groups excluding carboxylic acids is 1. The molecule has 0 aliphatic heterocycles. The molecule has 3 rings (SSSR count). The number of rotatable bonds is 8. The van der Waals surface area contributed by atoms with Crippen molar-refractivity contribution in [3.8, 4) is 5.75 Å². The van der Waals surface area contributed by atoms with Crippen LogP contribution in [0.15, 0.2) is 59.5 Å². The largest absolute Gasteiger partial charge is 0.497 e. The van der Waals surface area contributed by atoms with Crippen LogP contribution >= 0.6 is 0 Å². The van der Waals surface area contributed by atoms with Gasteiger partial charge in [-0.15, -0.1) is 0 Å². The molecule has 1 amide bonds. The van der Waals surface area contributed by atoms with Gasteiger partial charge in [0, 0.05) is 19.5 Å². The molecule has 6 nitrogen and oxygen atoms in total. The summed E-state index contributed by atoms with van der Waals surface area (Å²) in [6.45, 7) is 4.01. The summed E-state index contributed by atoms with van der Waals surface area (Å²) in [5.74, 6) is 0.584. The SMILES string of the molecule is COc1ccc2cc(CNC(=O)CCNS(=O)(=O)c3cc(C)ccc3C)ccc2c1. The van der Waals surface area contributed by atoms with Gasteiger partial charge >= 0.3 is 0 Å². The second-order valence-corrected chi connectivity index (χ2v) is 8.98. The van der Waals surface area contributed by atoms with Crippen LogP contribution in [0.3, 0.4) is 0 Å². The molecular formula is C23H26N2O4S. The maximum atomic E-state index is 12.5. The Morgan fingerprint density at radius 1 is 0.967 bits per heavy atom. The average Bonchev–Trinajstić information content (AvgIpc) is 2.73. The highest BCUT2D eigenvalue weighted by atomic mass is 32.2. The molecular weight excluding hydrogens is 400 g/mol. The van der Waals surface area contributed by atoms with Crippen molar-refractivity contribution in [2.45, 2.75) is 31.7 Å². The Balaban J connectivity index is 1.52. The van der Waals surface area contributed by atoms with E-state index in [1.54, 1.807) is 26.2 Å². The molecule has 30 heavy (non-hydrogen) atoms. The summed E-state index contributed by atoms with van der Waals surface area (Å²) in [4.78, 5) is 12.4. The number of amides is 1. The summed E-state index contributed by atoms with van der Waals surface area (Å²) < 4.78 is 32.7. The van der Waals surface area contributed by atoms with Gasteiger partial charge in [-0.1, -0.05) is 30.3 Å². The Labute approximate surface area is 177 Å². The smallest absolute Gasteiger partial charge is 0.240 e. The number of fused-ring (bicyclic) bond motifs is 1. The number of carbonyl (C=O) groups is 1. The highest BCUT2D eigenvalue weighted by Gasteiger charge is 2.17. The van der Waals surface area contributed by atoms with Crippen molar-refractivity contribution in [1.29, 1.82) is 0 Å². The van der Waals surface area contributed by atoms with E-state index >= 15 is 0 Å². The topological polar surface area (TPSA) is 84.5 Å². The molecule has 0 spiro atoms. The third-order valence-corrected chi connectivity index (χ3v) is 6.48. The van der Waals surface area contributed by atoms with E-state index in [9.17, 15) is 13.2 Å². The predicted octanol–water partition coefficient (Wildman–Crippen LogP) is 3.45. The average molecular weight is 427 g/mol. The predicted molar refractivity (Wildman–Crippen MR) is 118 cm³/mol. The van der Waals surface area contributed by atoms with Gasteiger partial charge in [0.05, 0.1) is 12.0 Å². The van der Waals surface area contributed by atoms with Crippen LogP contribution < -0.4 is 14.8 Å². The highest BCUT2D eigenvalue weighted by Crippen LogP contribution is 2.22. The minimum absolute atomic E-state index is 0.0407. The lowest BCUT2D eigenvalue weighted by Gasteiger charge is -2.11. The molecule has 0 atom stereocenters. The van der Waals surface area contributed by atoms with Crippen molar-refractivity contribution >= 4 is 26.7 Å². The molecule has 0 fully saturated rings. The molecule has 0 aliphatic carbocycles. The Morgan fingerprint density at radius 3 is 2.47 bits per heavy atom. The molecule has 0 bridgehead atoms. The summed E-state index contributed by atoms with van der Waals surface area (Å²) >= 11 is 0. The van der Waals surface area contributed by atoms with E-state index in [0.29, 0.717) is 12.1 Å². The molecule has 158 valence electrons. The number of hydrogen-bond donors (Lipinski definition) is 2. The number of nitrogens with one attached hydrogen (secondary N) is 2. The lowest BCUT2D eigenvalue weighted by Crippen LogP contribution is -2.31. The fraction of sp³-hybridized carbons (Fsp3) is 0.261. The van der Waals surface area contributed by atoms with Crippen LogP contribution in [0.5, 0.6) is 5.75 Å². The van der Waals surface area contributed by atoms with Gasteiger partial charge in [0.1, 0.15) is 5.75 Å². The van der Waals surface area contributed by atoms with E-state index in [1.807, 2.05) is 49.4 Å². The van der Waals surface area contributed by atoms with Crippen molar-refractivity contribution < 1.29 is 17.9 Å². The minimum atomic E-state index is -3.65. The molecule has 0 saturated heterocycles. The van der Waals surface area contributed by atoms with Crippen molar-refractivity contribution in [3.63, 3.8) is 0 Å². The maximum Gasteiger partial charge on any atom is 0.240 e. The lowest BCUT2D eigenvalue weighted by molar-refractivity contribution is -0.121. The zero-order valence-electron chi connectivity index (χ0n) is 17.4. The van der Waals surface area contributed by atoms with Crippen molar-refractivity contribution in [3.05, 3.63) is 71.3 Å². The third-order valence-electron chi connectivity index (χ3n) is 4.88. The van der Waals surface area contributed by atoms with E-state index in [-0.39, 0.29) is 23.8 Å². The van der Waals surface area contributed by atoms with Gasteiger partial charge < -0.3 is 10.1 Å². The highest BCUT2D eigenvalue weighted by molar-refractivity contribution is 7.89. The maximum absolute atomic E-state index is 12.5. The zero-order chi connectivity index (χ0) is 21.7. The molecule has 3 aromatic rings. The molecule has 0 aromatic heterocycles. The fourth-order valence-electron chi connectivity index (χ4n) is 3.17. The number of sulfonamides is 1. The lowest BCUT2D eigenvalue weighted by atomic mass is 10.1. The Kier molecular flexibility index (Phi) is 6.74. The Hall–Kier alpha value is -2.90. The summed E-state index contributed by atoms with van der Waals surface area (Å²) in [5.41, 5.74) is 2.51. The molecule has 0 saturated carbocycles. The van der Waals surface area contributed by atoms with Crippen LogP contribution in [0.1, 0.15) is 23.1 Å². The number of hydrogen-bond acceptors (Lipinski definition) is 4. The van der Waals surface area contributed by atoms with E-state index < -0.39 is 10.0 Å². The zero-order valence-corrected chi connectivity index (χ0v) is 18.2. The normalized spacial score (nSPS) is 11.4. The van der Waals surface area contributed by atoms with Crippen LogP contribution in [-0.4, -0.2) is 28.0 Å². The van der Waals surface area contributed by atoms with Gasteiger partial charge in [0.2, 0.25) is 15.9 Å². The summed E-state index contributed by atoms with van der Waals surface area (Å²) in [7, 11) is -2.01. The van der Waals surface area contributed by atoms with Crippen LogP contribution in [-0.2, 0) is 21.4 Å². The molecule has 7 heteroatoms. The van der Waals surface area contributed by atoms with Gasteiger partial charge in [-0.05, 0) is 65.6 Å². The molecule has 0 heterocycles. The van der Waals surface area contributed by atoms with Gasteiger partial charge in [0.15, 0.2) is 0 Å². The molecule has 0 unspecified atom stereocenters. The second-order valence-electron chi connectivity index (χ2n) is 7.24. The Morgan fingerprint density at radius 2 is 1.70 bits per heavy atom. The molecule has 3 aromatic carbocycles.